The van der Waals surface area contributed by atoms with Crippen molar-refractivity contribution in [3.63, 3.8) is 0 Å². The molecule has 0 saturated carbocycles. The molecule has 1 aliphatic heterocycles. The molecule has 30 heavy (non-hydrogen) atoms. The van der Waals surface area contributed by atoms with E-state index in [1.54, 1.807) is 24.3 Å². The molecule has 2 amide bonds. The van der Waals surface area contributed by atoms with Crippen LogP contribution in [-0.2, 0) is 35.6 Å². The largest absolute Gasteiger partial charge is 0.497 e. The van der Waals surface area contributed by atoms with Crippen LogP contribution in [0.1, 0.15) is 12.5 Å². The number of carbonyl (C=O) groups excluding carboxylic acids is 3. The smallest absolute Gasteiger partial charge is 0.328 e. The van der Waals surface area contributed by atoms with Gasteiger partial charge >= 0.3 is 5.97 Å². The maximum atomic E-state index is 13.0. The minimum atomic E-state index is -3.53. The molecule has 1 N–H and O–H groups in total. The summed E-state index contributed by atoms with van der Waals surface area (Å²) < 4.78 is 34.9. The third-order valence-electron chi connectivity index (χ3n) is 4.92. The minimum Gasteiger partial charge on any atom is -0.497 e. The van der Waals surface area contributed by atoms with E-state index < -0.39 is 34.0 Å². The number of ether oxygens (including phenoxy) is 2. The molecule has 1 saturated heterocycles. The molecule has 0 spiro atoms. The Labute approximate surface area is 176 Å². The fraction of sp³-hybridized carbons (Fsp3) is 0.526. The molecule has 1 aromatic rings. The van der Waals surface area contributed by atoms with Crippen LogP contribution in [0.3, 0.4) is 0 Å². The second-order valence-corrected chi connectivity index (χ2v) is 8.97. The van der Waals surface area contributed by atoms with Crippen LogP contribution in [0, 0.1) is 0 Å². The van der Waals surface area contributed by atoms with Gasteiger partial charge in [-0.25, -0.2) is 13.2 Å². The van der Waals surface area contributed by atoms with Crippen LogP contribution in [0.25, 0.3) is 0 Å². The highest BCUT2D eigenvalue weighted by Crippen LogP contribution is 2.16. The third kappa shape index (κ3) is 5.92. The number of piperazine rings is 1. The summed E-state index contributed by atoms with van der Waals surface area (Å²) >= 11 is 0. The summed E-state index contributed by atoms with van der Waals surface area (Å²) in [6, 6.07) is 4.93. The molecule has 1 fully saturated rings. The van der Waals surface area contributed by atoms with Crippen LogP contribution in [0.15, 0.2) is 24.3 Å². The highest BCUT2D eigenvalue weighted by Gasteiger charge is 2.38. The highest BCUT2D eigenvalue weighted by molar-refractivity contribution is 7.88. The molecule has 0 aromatic heterocycles. The number of amides is 2. The topological polar surface area (TPSA) is 122 Å². The van der Waals surface area contributed by atoms with Crippen molar-refractivity contribution in [2.75, 3.05) is 40.1 Å². The highest BCUT2D eigenvalue weighted by atomic mass is 32.2. The second kappa shape index (κ2) is 9.90. The van der Waals surface area contributed by atoms with Gasteiger partial charge in [-0.05, 0) is 17.7 Å². The fourth-order valence-electron chi connectivity index (χ4n) is 3.26. The Morgan fingerprint density at radius 1 is 1.17 bits per heavy atom. The lowest BCUT2D eigenvalue weighted by atomic mass is 10.0. The van der Waals surface area contributed by atoms with Gasteiger partial charge in [0.15, 0.2) is 0 Å². The summed E-state index contributed by atoms with van der Waals surface area (Å²) in [5.41, 5.74) is 0.760. The first-order valence-corrected chi connectivity index (χ1v) is 11.1. The number of benzene rings is 1. The summed E-state index contributed by atoms with van der Waals surface area (Å²) in [4.78, 5) is 38.5. The molecular formula is C19H27N3O7S. The number of hydrogen-bond acceptors (Lipinski definition) is 7. The fourth-order valence-corrected chi connectivity index (χ4v) is 4.09. The van der Waals surface area contributed by atoms with Crippen molar-refractivity contribution in [2.24, 2.45) is 0 Å². The van der Waals surface area contributed by atoms with Crippen LogP contribution in [0.5, 0.6) is 5.75 Å². The molecule has 2 atom stereocenters. The van der Waals surface area contributed by atoms with Crippen LogP contribution < -0.4 is 10.1 Å². The molecule has 0 aliphatic carbocycles. The van der Waals surface area contributed by atoms with Gasteiger partial charge in [0.2, 0.25) is 21.8 Å². The van der Waals surface area contributed by atoms with Crippen molar-refractivity contribution in [3.05, 3.63) is 29.8 Å². The standard InChI is InChI=1S/C19H27N3O7S/c1-13(23)22-10-9-21(30(4,26)27)12-17(22)18(24)20-16(19(25)29-3)11-14-5-7-15(28-2)8-6-14/h5-8,16-17H,9-12H2,1-4H3,(H,20,24). The number of nitrogens with zero attached hydrogens (tertiary/aromatic N) is 2. The van der Waals surface area contributed by atoms with E-state index in [0.29, 0.717) is 5.75 Å². The monoisotopic (exact) mass is 441 g/mol. The Morgan fingerprint density at radius 3 is 2.30 bits per heavy atom. The van der Waals surface area contributed by atoms with E-state index in [1.165, 1.54) is 26.0 Å². The number of hydrogen-bond donors (Lipinski definition) is 1. The molecule has 11 heteroatoms. The van der Waals surface area contributed by atoms with Crippen molar-refractivity contribution < 1.29 is 32.3 Å². The zero-order valence-electron chi connectivity index (χ0n) is 17.5. The average Bonchev–Trinajstić information content (AvgIpc) is 2.71. The summed E-state index contributed by atoms with van der Waals surface area (Å²) in [5.74, 6) is -0.975. The van der Waals surface area contributed by atoms with Gasteiger partial charge in [-0.3, -0.25) is 9.59 Å². The first-order chi connectivity index (χ1) is 14.1. The van der Waals surface area contributed by atoms with Gasteiger partial charge in [-0.15, -0.1) is 0 Å². The Kier molecular flexibility index (Phi) is 7.79. The van der Waals surface area contributed by atoms with E-state index in [2.05, 4.69) is 5.32 Å². The zero-order valence-corrected chi connectivity index (χ0v) is 18.3. The molecule has 0 bridgehead atoms. The first kappa shape index (κ1) is 23.6. The predicted octanol–water partition coefficient (Wildman–Crippen LogP) is -0.612. The van der Waals surface area contributed by atoms with Crippen LogP contribution in [0.4, 0.5) is 0 Å². The normalized spacial score (nSPS) is 18.4. The zero-order chi connectivity index (χ0) is 22.5. The van der Waals surface area contributed by atoms with Gasteiger partial charge in [0, 0.05) is 33.0 Å². The minimum absolute atomic E-state index is 0.0852. The maximum absolute atomic E-state index is 13.0. The Morgan fingerprint density at radius 2 is 1.80 bits per heavy atom. The number of carbonyl (C=O) groups is 3. The summed E-state index contributed by atoms with van der Waals surface area (Å²) in [6.07, 6.45) is 1.21. The van der Waals surface area contributed by atoms with Crippen LogP contribution >= 0.6 is 0 Å². The Hall–Kier alpha value is -2.66. The van der Waals surface area contributed by atoms with Crippen LogP contribution in [-0.4, -0.2) is 87.6 Å². The third-order valence-corrected chi connectivity index (χ3v) is 6.19. The van der Waals surface area contributed by atoms with E-state index in [-0.39, 0.29) is 32.0 Å². The Bertz CT molecular complexity index is 886. The first-order valence-electron chi connectivity index (χ1n) is 9.30. The van der Waals surface area contributed by atoms with Gasteiger partial charge in [0.1, 0.15) is 17.8 Å². The van der Waals surface area contributed by atoms with Crippen molar-refractivity contribution in [3.8, 4) is 5.75 Å². The number of nitrogens with one attached hydrogen (secondary N) is 1. The summed E-state index contributed by atoms with van der Waals surface area (Å²) in [7, 11) is -0.784. The molecule has 10 nitrogen and oxygen atoms in total. The summed E-state index contributed by atoms with van der Waals surface area (Å²) in [6.45, 7) is 1.32. The molecule has 1 heterocycles. The van der Waals surface area contributed by atoms with Crippen molar-refractivity contribution in [2.45, 2.75) is 25.4 Å². The van der Waals surface area contributed by atoms with Gasteiger partial charge in [0.25, 0.3) is 0 Å². The number of methoxy groups -OCH3 is 2. The van der Waals surface area contributed by atoms with E-state index in [1.807, 2.05) is 0 Å². The molecule has 0 radical (unpaired) electrons. The quantitative estimate of drug-likeness (QED) is 0.560. The summed E-state index contributed by atoms with van der Waals surface area (Å²) in [5, 5.41) is 2.61. The molecule has 1 aliphatic rings. The van der Waals surface area contributed by atoms with Crippen LogP contribution in [0.2, 0.25) is 0 Å². The Balaban J connectivity index is 2.20. The van der Waals surface area contributed by atoms with Gasteiger partial charge in [-0.2, -0.15) is 4.31 Å². The van der Waals surface area contributed by atoms with Crippen molar-refractivity contribution in [1.29, 1.82) is 0 Å². The second-order valence-electron chi connectivity index (χ2n) is 6.99. The lowest BCUT2D eigenvalue weighted by molar-refractivity contribution is -0.147. The molecule has 2 rings (SSSR count). The van der Waals surface area contributed by atoms with E-state index in [4.69, 9.17) is 9.47 Å². The van der Waals surface area contributed by atoms with E-state index in [0.717, 1.165) is 16.1 Å². The SMILES string of the molecule is COC(=O)C(Cc1ccc(OC)cc1)NC(=O)C1CN(S(C)(=O)=O)CCN1C(C)=O. The van der Waals surface area contributed by atoms with E-state index >= 15 is 0 Å². The molecular weight excluding hydrogens is 414 g/mol. The number of esters is 1. The predicted molar refractivity (Wildman–Crippen MR) is 108 cm³/mol. The van der Waals surface area contributed by atoms with E-state index in [9.17, 15) is 22.8 Å². The average molecular weight is 442 g/mol. The molecule has 166 valence electrons. The van der Waals surface area contributed by atoms with Gasteiger partial charge in [-0.1, -0.05) is 12.1 Å². The van der Waals surface area contributed by atoms with Crippen molar-refractivity contribution in [1.82, 2.24) is 14.5 Å². The maximum Gasteiger partial charge on any atom is 0.328 e. The lowest BCUT2D eigenvalue weighted by Gasteiger charge is -2.39. The van der Waals surface area contributed by atoms with Gasteiger partial charge in [0.05, 0.1) is 20.5 Å². The number of sulfonamides is 1. The molecule has 1 aromatic carbocycles. The number of rotatable bonds is 7. The van der Waals surface area contributed by atoms with Crippen molar-refractivity contribution >= 4 is 27.8 Å². The molecule has 2 unspecified atom stereocenters. The van der Waals surface area contributed by atoms with Gasteiger partial charge < -0.3 is 19.7 Å². The lowest BCUT2D eigenvalue weighted by Crippen LogP contribution is -2.62.